The van der Waals surface area contributed by atoms with Crippen molar-refractivity contribution < 1.29 is 4.79 Å². The van der Waals surface area contributed by atoms with E-state index in [0.29, 0.717) is 0 Å². The van der Waals surface area contributed by atoms with Gasteiger partial charge in [-0.1, -0.05) is 36.4 Å². The van der Waals surface area contributed by atoms with Crippen LogP contribution in [0.4, 0.5) is 5.69 Å². The Kier molecular flexibility index (Phi) is 3.07. The van der Waals surface area contributed by atoms with Gasteiger partial charge in [0.15, 0.2) is 0 Å². The molecule has 2 aromatic carbocycles. The summed E-state index contributed by atoms with van der Waals surface area (Å²) in [6.07, 6.45) is 0. The molecule has 102 valence electrons. The van der Waals surface area contributed by atoms with E-state index in [1.165, 1.54) is 11.1 Å². The number of benzene rings is 2. The van der Waals surface area contributed by atoms with Gasteiger partial charge in [0, 0.05) is 5.69 Å². The van der Waals surface area contributed by atoms with Gasteiger partial charge in [-0.2, -0.15) is 0 Å². The van der Waals surface area contributed by atoms with E-state index in [2.05, 4.69) is 19.9 Å². The molecule has 0 bridgehead atoms. The average molecular weight is 266 g/mol. The molecule has 0 aromatic heterocycles. The molecule has 1 saturated heterocycles. The van der Waals surface area contributed by atoms with Gasteiger partial charge in [-0.15, -0.1) is 0 Å². The SMILES string of the molecule is Cc1ccc(N2C(=O)[C@H](N)[C@@H]2c2ccccc2)cc1C. The molecule has 0 radical (unpaired) electrons. The average Bonchev–Trinajstić information content (AvgIpc) is 2.47. The first kappa shape index (κ1) is 12.9. The molecule has 1 fully saturated rings. The highest BCUT2D eigenvalue weighted by Crippen LogP contribution is 2.38. The lowest BCUT2D eigenvalue weighted by Crippen LogP contribution is -2.63. The lowest BCUT2D eigenvalue weighted by molar-refractivity contribution is -0.126. The second kappa shape index (κ2) is 4.76. The standard InChI is InChI=1S/C17H18N2O/c1-11-8-9-14(10-12(11)2)19-16(15(18)17(19)20)13-6-4-3-5-7-13/h3-10,15-16H,18H2,1-2H3/t15-,16+/m1/s1. The molecule has 20 heavy (non-hydrogen) atoms. The second-order valence-corrected chi connectivity index (χ2v) is 5.36. The van der Waals surface area contributed by atoms with Crippen LogP contribution in [0.25, 0.3) is 0 Å². The van der Waals surface area contributed by atoms with Crippen molar-refractivity contribution in [3.8, 4) is 0 Å². The molecule has 2 atom stereocenters. The predicted molar refractivity (Wildman–Crippen MR) is 80.6 cm³/mol. The van der Waals surface area contributed by atoms with Crippen LogP contribution in [0.5, 0.6) is 0 Å². The summed E-state index contributed by atoms with van der Waals surface area (Å²) >= 11 is 0. The Hall–Kier alpha value is -2.13. The largest absolute Gasteiger partial charge is 0.318 e. The molecule has 3 heteroatoms. The molecule has 0 spiro atoms. The molecular formula is C17H18N2O. The van der Waals surface area contributed by atoms with Crippen LogP contribution in [0.1, 0.15) is 22.7 Å². The highest BCUT2D eigenvalue weighted by Gasteiger charge is 2.46. The topological polar surface area (TPSA) is 46.3 Å². The maximum absolute atomic E-state index is 12.1. The highest BCUT2D eigenvalue weighted by atomic mass is 16.2. The fourth-order valence-corrected chi connectivity index (χ4v) is 2.68. The summed E-state index contributed by atoms with van der Waals surface area (Å²) in [6.45, 7) is 4.12. The number of β-lactam (4-membered cyclic amide) rings is 1. The number of aryl methyl sites for hydroxylation is 2. The third-order valence-corrected chi connectivity index (χ3v) is 4.05. The molecular weight excluding hydrogens is 248 g/mol. The molecule has 1 aliphatic rings. The van der Waals surface area contributed by atoms with Crippen LogP contribution < -0.4 is 10.6 Å². The van der Waals surface area contributed by atoms with Crippen LogP contribution in [0, 0.1) is 13.8 Å². The lowest BCUT2D eigenvalue weighted by atomic mass is 9.88. The number of rotatable bonds is 2. The Bertz CT molecular complexity index is 651. The molecule has 0 aliphatic carbocycles. The molecule has 3 nitrogen and oxygen atoms in total. The first-order chi connectivity index (χ1) is 9.59. The Balaban J connectivity index is 1.99. The van der Waals surface area contributed by atoms with Gasteiger partial charge in [-0.05, 0) is 42.7 Å². The molecule has 0 saturated carbocycles. The van der Waals surface area contributed by atoms with E-state index in [4.69, 9.17) is 5.73 Å². The summed E-state index contributed by atoms with van der Waals surface area (Å²) in [6, 6.07) is 15.5. The zero-order chi connectivity index (χ0) is 14.3. The van der Waals surface area contributed by atoms with Gasteiger partial charge < -0.3 is 10.6 Å². The van der Waals surface area contributed by atoms with Crippen LogP contribution in [-0.2, 0) is 4.79 Å². The van der Waals surface area contributed by atoms with Crippen molar-refractivity contribution in [1.29, 1.82) is 0 Å². The number of anilines is 1. The van der Waals surface area contributed by atoms with Gasteiger partial charge in [0.1, 0.15) is 6.04 Å². The van der Waals surface area contributed by atoms with E-state index in [1.54, 1.807) is 4.90 Å². The summed E-state index contributed by atoms with van der Waals surface area (Å²) in [4.78, 5) is 13.9. The van der Waals surface area contributed by atoms with Crippen molar-refractivity contribution in [3.63, 3.8) is 0 Å². The second-order valence-electron chi connectivity index (χ2n) is 5.36. The third-order valence-electron chi connectivity index (χ3n) is 4.05. The normalized spacial score (nSPS) is 21.8. The Morgan fingerprint density at radius 1 is 1.00 bits per heavy atom. The first-order valence-corrected chi connectivity index (χ1v) is 6.80. The van der Waals surface area contributed by atoms with Crippen molar-refractivity contribution in [3.05, 3.63) is 65.2 Å². The molecule has 0 unspecified atom stereocenters. The number of amides is 1. The fraction of sp³-hybridized carbons (Fsp3) is 0.235. The number of carbonyl (C=O) groups is 1. The summed E-state index contributed by atoms with van der Waals surface area (Å²) in [5, 5.41) is 0. The molecule has 1 aliphatic heterocycles. The van der Waals surface area contributed by atoms with Gasteiger partial charge >= 0.3 is 0 Å². The summed E-state index contributed by atoms with van der Waals surface area (Å²) in [5.41, 5.74) is 10.4. The van der Waals surface area contributed by atoms with Crippen molar-refractivity contribution in [2.24, 2.45) is 5.73 Å². The summed E-state index contributed by atoms with van der Waals surface area (Å²) in [7, 11) is 0. The minimum atomic E-state index is -0.445. The minimum Gasteiger partial charge on any atom is -0.318 e. The lowest BCUT2D eigenvalue weighted by Gasteiger charge is -2.45. The maximum Gasteiger partial charge on any atom is 0.247 e. The van der Waals surface area contributed by atoms with Crippen molar-refractivity contribution in [2.75, 3.05) is 4.90 Å². The van der Waals surface area contributed by atoms with Crippen LogP contribution >= 0.6 is 0 Å². The highest BCUT2D eigenvalue weighted by molar-refractivity contribution is 6.05. The molecule has 1 amide bonds. The smallest absolute Gasteiger partial charge is 0.247 e. The van der Waals surface area contributed by atoms with Gasteiger partial charge in [0.2, 0.25) is 5.91 Å². The van der Waals surface area contributed by atoms with E-state index >= 15 is 0 Å². The Labute approximate surface area is 119 Å². The number of nitrogens with zero attached hydrogens (tertiary/aromatic N) is 1. The van der Waals surface area contributed by atoms with Gasteiger partial charge in [0.25, 0.3) is 0 Å². The van der Waals surface area contributed by atoms with Crippen LogP contribution in [0.2, 0.25) is 0 Å². The van der Waals surface area contributed by atoms with Crippen molar-refractivity contribution in [2.45, 2.75) is 25.9 Å². The Morgan fingerprint density at radius 3 is 2.35 bits per heavy atom. The van der Waals surface area contributed by atoms with Gasteiger partial charge in [0.05, 0.1) is 6.04 Å². The first-order valence-electron chi connectivity index (χ1n) is 6.80. The minimum absolute atomic E-state index is 0.0119. The van der Waals surface area contributed by atoms with E-state index < -0.39 is 6.04 Å². The maximum atomic E-state index is 12.1. The fourth-order valence-electron chi connectivity index (χ4n) is 2.68. The van der Waals surface area contributed by atoms with Crippen LogP contribution in [0.3, 0.4) is 0 Å². The third kappa shape index (κ3) is 1.91. The van der Waals surface area contributed by atoms with Crippen molar-refractivity contribution >= 4 is 11.6 Å². The molecule has 1 heterocycles. The zero-order valence-electron chi connectivity index (χ0n) is 11.7. The van der Waals surface area contributed by atoms with Crippen LogP contribution in [-0.4, -0.2) is 11.9 Å². The Morgan fingerprint density at radius 2 is 1.70 bits per heavy atom. The van der Waals surface area contributed by atoms with Gasteiger partial charge in [-0.3, -0.25) is 4.79 Å². The summed E-state index contributed by atoms with van der Waals surface area (Å²) < 4.78 is 0. The quantitative estimate of drug-likeness (QED) is 0.849. The van der Waals surface area contributed by atoms with E-state index in [9.17, 15) is 4.79 Å². The number of nitrogens with two attached hydrogens (primary N) is 1. The number of carbonyl (C=O) groups excluding carboxylic acids is 1. The van der Waals surface area contributed by atoms with E-state index in [0.717, 1.165) is 11.3 Å². The monoisotopic (exact) mass is 266 g/mol. The molecule has 2 aromatic rings. The van der Waals surface area contributed by atoms with E-state index in [1.807, 2.05) is 42.5 Å². The number of hydrogen-bond acceptors (Lipinski definition) is 2. The van der Waals surface area contributed by atoms with Crippen LogP contribution in [0.15, 0.2) is 48.5 Å². The van der Waals surface area contributed by atoms with E-state index in [-0.39, 0.29) is 11.9 Å². The molecule has 3 rings (SSSR count). The zero-order valence-corrected chi connectivity index (χ0v) is 11.7. The van der Waals surface area contributed by atoms with Crippen molar-refractivity contribution in [1.82, 2.24) is 0 Å². The summed E-state index contributed by atoms with van der Waals surface area (Å²) in [5.74, 6) is -0.0119. The number of hydrogen-bond donors (Lipinski definition) is 1. The predicted octanol–water partition coefficient (Wildman–Crippen LogP) is 2.72. The molecule has 2 N–H and O–H groups in total. The van der Waals surface area contributed by atoms with Gasteiger partial charge in [-0.25, -0.2) is 0 Å².